The van der Waals surface area contributed by atoms with Crippen molar-refractivity contribution in [1.29, 1.82) is 0 Å². The van der Waals surface area contributed by atoms with Crippen molar-refractivity contribution in [1.82, 2.24) is 5.32 Å². The number of nitrogens with two attached hydrogens (primary N) is 1. The van der Waals surface area contributed by atoms with Crippen molar-refractivity contribution >= 4 is 24.0 Å². The quantitative estimate of drug-likeness (QED) is 0.724. The number of hydrogen-bond acceptors (Lipinski definition) is 4. The Morgan fingerprint density at radius 1 is 1.04 bits per heavy atom. The molecular formula is C20H27ClN2O3. The molecule has 2 rings (SSSR count). The van der Waals surface area contributed by atoms with Crippen LogP contribution in [0.25, 0.3) is 0 Å². The minimum atomic E-state index is -0.240. The van der Waals surface area contributed by atoms with Crippen LogP contribution in [-0.4, -0.2) is 26.7 Å². The minimum Gasteiger partial charge on any atom is -0.493 e. The fourth-order valence-corrected chi connectivity index (χ4v) is 2.56. The summed E-state index contributed by atoms with van der Waals surface area (Å²) >= 11 is 0. The number of nitrogen functional groups attached to an aromatic ring is 1. The van der Waals surface area contributed by atoms with Gasteiger partial charge in [0.2, 0.25) is 5.91 Å². The lowest BCUT2D eigenvalue weighted by molar-refractivity contribution is -0.120. The van der Waals surface area contributed by atoms with Crippen LogP contribution in [0.15, 0.2) is 42.5 Å². The molecule has 0 aliphatic heterocycles. The zero-order valence-electron chi connectivity index (χ0n) is 15.7. The number of nitrogens with one attached hydrogen (secondary N) is 1. The number of benzene rings is 2. The van der Waals surface area contributed by atoms with Gasteiger partial charge in [-0.15, -0.1) is 12.4 Å². The van der Waals surface area contributed by atoms with Crippen molar-refractivity contribution in [3.05, 3.63) is 53.6 Å². The van der Waals surface area contributed by atoms with Gasteiger partial charge in [-0.1, -0.05) is 32.0 Å². The molecule has 3 N–H and O–H groups in total. The molecule has 0 unspecified atom stereocenters. The highest BCUT2D eigenvalue weighted by molar-refractivity contribution is 5.85. The summed E-state index contributed by atoms with van der Waals surface area (Å²) in [5.74, 6) is 1.36. The van der Waals surface area contributed by atoms with Gasteiger partial charge in [0.15, 0.2) is 11.5 Å². The van der Waals surface area contributed by atoms with Crippen LogP contribution in [0.1, 0.15) is 25.0 Å². The van der Waals surface area contributed by atoms with E-state index < -0.39 is 0 Å². The Hall–Kier alpha value is -2.40. The molecule has 5 nitrogen and oxygen atoms in total. The molecule has 0 fully saturated rings. The monoisotopic (exact) mass is 378 g/mol. The Bertz CT molecular complexity index is 730. The van der Waals surface area contributed by atoms with Crippen LogP contribution in [0, 0.1) is 0 Å². The molecule has 0 aliphatic rings. The first kappa shape index (κ1) is 21.6. The summed E-state index contributed by atoms with van der Waals surface area (Å²) in [6, 6.07) is 13.2. The van der Waals surface area contributed by atoms with Crippen LogP contribution in [0.5, 0.6) is 11.5 Å². The minimum absolute atomic E-state index is 0. The maximum atomic E-state index is 12.2. The Balaban J connectivity index is 0.00000338. The Kier molecular flexibility index (Phi) is 7.77. The predicted molar refractivity (Wildman–Crippen MR) is 107 cm³/mol. The molecule has 0 spiro atoms. The maximum absolute atomic E-state index is 12.2. The zero-order valence-corrected chi connectivity index (χ0v) is 16.5. The summed E-state index contributed by atoms with van der Waals surface area (Å²) in [6.45, 7) is 4.69. The van der Waals surface area contributed by atoms with Gasteiger partial charge >= 0.3 is 0 Å². The first-order valence-corrected chi connectivity index (χ1v) is 8.19. The highest BCUT2D eigenvalue weighted by Gasteiger charge is 2.23. The molecule has 1 amide bonds. The first-order chi connectivity index (χ1) is 11.9. The molecule has 0 aromatic heterocycles. The van der Waals surface area contributed by atoms with Gasteiger partial charge in [0.25, 0.3) is 0 Å². The lowest BCUT2D eigenvalue weighted by Gasteiger charge is -2.26. The van der Waals surface area contributed by atoms with E-state index in [1.165, 1.54) is 0 Å². The van der Waals surface area contributed by atoms with E-state index in [2.05, 4.69) is 19.2 Å². The summed E-state index contributed by atoms with van der Waals surface area (Å²) in [7, 11) is 3.23. The van der Waals surface area contributed by atoms with Crippen LogP contribution >= 0.6 is 12.4 Å². The SMILES string of the molecule is COc1ccc(C(C)(C)CNC(=O)Cc2ccc(N)cc2)cc1OC.Cl. The molecule has 0 radical (unpaired) electrons. The number of carbonyl (C=O) groups excluding carboxylic acids is 1. The number of amides is 1. The normalized spacial score (nSPS) is 10.6. The fourth-order valence-electron chi connectivity index (χ4n) is 2.56. The standard InChI is InChI=1S/C20H26N2O3.ClH/c1-20(2,15-7-10-17(24-3)18(12-15)25-4)13-22-19(23)11-14-5-8-16(21)9-6-14;/h5-10,12H,11,13,21H2,1-4H3,(H,22,23);1H. The number of carbonyl (C=O) groups is 1. The van der Waals surface area contributed by atoms with Gasteiger partial charge in [0.05, 0.1) is 20.6 Å². The lowest BCUT2D eigenvalue weighted by atomic mass is 9.84. The molecule has 142 valence electrons. The Morgan fingerprint density at radius 2 is 1.65 bits per heavy atom. The highest BCUT2D eigenvalue weighted by Crippen LogP contribution is 2.32. The lowest BCUT2D eigenvalue weighted by Crippen LogP contribution is -2.37. The molecule has 0 heterocycles. The van der Waals surface area contributed by atoms with Crippen LogP contribution in [-0.2, 0) is 16.6 Å². The van der Waals surface area contributed by atoms with Crippen LogP contribution in [0.2, 0.25) is 0 Å². The fraction of sp³-hybridized carbons (Fsp3) is 0.350. The second kappa shape index (κ2) is 9.34. The van der Waals surface area contributed by atoms with Gasteiger partial charge in [0, 0.05) is 17.6 Å². The topological polar surface area (TPSA) is 73.6 Å². The summed E-state index contributed by atoms with van der Waals surface area (Å²) in [5, 5.41) is 3.01. The van der Waals surface area contributed by atoms with E-state index in [9.17, 15) is 4.79 Å². The smallest absolute Gasteiger partial charge is 0.224 e. The summed E-state index contributed by atoms with van der Waals surface area (Å²) in [5.41, 5.74) is 8.12. The molecule has 0 aliphatic carbocycles. The number of rotatable bonds is 7. The zero-order chi connectivity index (χ0) is 18.4. The van der Waals surface area contributed by atoms with Gasteiger partial charge in [-0.2, -0.15) is 0 Å². The van der Waals surface area contributed by atoms with E-state index in [4.69, 9.17) is 15.2 Å². The number of ether oxygens (including phenoxy) is 2. The third-order valence-corrected chi connectivity index (χ3v) is 4.24. The van der Waals surface area contributed by atoms with Gasteiger partial charge in [-0.3, -0.25) is 4.79 Å². The second-order valence-electron chi connectivity index (χ2n) is 6.65. The number of anilines is 1. The maximum Gasteiger partial charge on any atom is 0.224 e. The molecule has 6 heteroatoms. The Morgan fingerprint density at radius 3 is 2.23 bits per heavy atom. The van der Waals surface area contributed by atoms with Crippen LogP contribution in [0.3, 0.4) is 0 Å². The van der Waals surface area contributed by atoms with Crippen molar-refractivity contribution in [3.63, 3.8) is 0 Å². The van der Waals surface area contributed by atoms with Crippen molar-refractivity contribution < 1.29 is 14.3 Å². The second-order valence-corrected chi connectivity index (χ2v) is 6.65. The third-order valence-electron chi connectivity index (χ3n) is 4.24. The van der Waals surface area contributed by atoms with Crippen LogP contribution < -0.4 is 20.5 Å². The van der Waals surface area contributed by atoms with E-state index in [1.54, 1.807) is 26.4 Å². The van der Waals surface area contributed by atoms with Crippen molar-refractivity contribution in [2.24, 2.45) is 0 Å². The molecule has 0 saturated carbocycles. The van der Waals surface area contributed by atoms with E-state index in [1.807, 2.05) is 30.3 Å². The van der Waals surface area contributed by atoms with E-state index >= 15 is 0 Å². The van der Waals surface area contributed by atoms with Gasteiger partial charge < -0.3 is 20.5 Å². The Labute approximate surface area is 161 Å². The molecule has 2 aromatic carbocycles. The number of methoxy groups -OCH3 is 2. The van der Waals surface area contributed by atoms with Gasteiger partial charge in [-0.25, -0.2) is 0 Å². The largest absolute Gasteiger partial charge is 0.493 e. The highest BCUT2D eigenvalue weighted by atomic mass is 35.5. The summed E-state index contributed by atoms with van der Waals surface area (Å²) < 4.78 is 10.6. The number of halogens is 1. The average molecular weight is 379 g/mol. The molecule has 0 atom stereocenters. The van der Waals surface area contributed by atoms with Crippen molar-refractivity contribution in [2.75, 3.05) is 26.5 Å². The van der Waals surface area contributed by atoms with E-state index in [0.29, 0.717) is 30.2 Å². The average Bonchev–Trinajstić information content (AvgIpc) is 2.61. The molecule has 26 heavy (non-hydrogen) atoms. The number of hydrogen-bond donors (Lipinski definition) is 2. The predicted octanol–water partition coefficient (Wildman–Crippen LogP) is 3.34. The van der Waals surface area contributed by atoms with E-state index in [-0.39, 0.29) is 23.7 Å². The molecule has 2 aromatic rings. The van der Waals surface area contributed by atoms with Gasteiger partial charge in [0.1, 0.15) is 0 Å². The van der Waals surface area contributed by atoms with E-state index in [0.717, 1.165) is 11.1 Å². The van der Waals surface area contributed by atoms with Crippen molar-refractivity contribution in [3.8, 4) is 11.5 Å². The van der Waals surface area contributed by atoms with Crippen molar-refractivity contribution in [2.45, 2.75) is 25.7 Å². The molecular weight excluding hydrogens is 352 g/mol. The molecule has 0 bridgehead atoms. The first-order valence-electron chi connectivity index (χ1n) is 8.19. The van der Waals surface area contributed by atoms with Crippen LogP contribution in [0.4, 0.5) is 5.69 Å². The van der Waals surface area contributed by atoms with Gasteiger partial charge in [-0.05, 0) is 35.4 Å². The summed E-state index contributed by atoms with van der Waals surface area (Å²) in [4.78, 5) is 12.2. The molecule has 0 saturated heterocycles. The summed E-state index contributed by atoms with van der Waals surface area (Å²) in [6.07, 6.45) is 0.336. The third kappa shape index (κ3) is 5.56.